The van der Waals surface area contributed by atoms with E-state index in [-0.39, 0.29) is 6.61 Å². The van der Waals surface area contributed by atoms with Crippen LogP contribution in [0.25, 0.3) is 0 Å². The van der Waals surface area contributed by atoms with Gasteiger partial charge >= 0.3 is 7.91 Å². The molecule has 0 aliphatic carbocycles. The molecule has 190 valence electrons. The van der Waals surface area contributed by atoms with Crippen LogP contribution < -0.4 is 9.47 Å². The molecule has 7 nitrogen and oxygen atoms in total. The Bertz CT molecular complexity index is 912. The van der Waals surface area contributed by atoms with Crippen molar-refractivity contribution < 1.29 is 32.0 Å². The van der Waals surface area contributed by atoms with Crippen molar-refractivity contribution in [2.45, 2.75) is 45.3 Å². The Hall–Kier alpha value is -1.96. The van der Waals surface area contributed by atoms with Crippen molar-refractivity contribution in [3.05, 3.63) is 59.7 Å². The molecule has 34 heavy (non-hydrogen) atoms. The quantitative estimate of drug-likeness (QED) is 0.219. The summed E-state index contributed by atoms with van der Waals surface area (Å²) in [5, 5.41) is 0. The summed E-state index contributed by atoms with van der Waals surface area (Å²) in [6, 6.07) is 15.8. The smallest absolute Gasteiger partial charge is 0.497 e. The van der Waals surface area contributed by atoms with Gasteiger partial charge in [-0.05, 0) is 69.6 Å². The number of aryl methyl sites for hydroxylation is 2. The number of para-hydroxylation sites is 1. The van der Waals surface area contributed by atoms with E-state index in [0.717, 1.165) is 29.9 Å². The molecule has 0 amide bonds. The summed E-state index contributed by atoms with van der Waals surface area (Å²) in [5.41, 5.74) is 2.25. The standard InChI is InChI=1S/C25H37FNO6P/c1-6-20(2)33-34(26,28)32-19-31-24(17-27(3)4)18-30-25-13-8-7-11-22(25)15-14-21-10-9-12-23(16-21)29-5/h7-13,16,20,24H,6,14-15,17-19H2,1-5H3/t20?,24-,34-/m1/s1. The van der Waals surface area contributed by atoms with Crippen LogP contribution in [-0.2, 0) is 31.2 Å². The number of nitrogens with zero attached hydrogens (tertiary/aromatic N) is 1. The third kappa shape index (κ3) is 10.5. The summed E-state index contributed by atoms with van der Waals surface area (Å²) in [6.45, 7) is 3.67. The van der Waals surface area contributed by atoms with Crippen LogP contribution in [0, 0.1) is 0 Å². The maximum Gasteiger partial charge on any atom is 0.515 e. The highest BCUT2D eigenvalue weighted by Gasteiger charge is 2.27. The van der Waals surface area contributed by atoms with Crippen LogP contribution in [0.5, 0.6) is 11.5 Å². The van der Waals surface area contributed by atoms with E-state index in [2.05, 4.69) is 6.07 Å². The lowest BCUT2D eigenvalue weighted by Gasteiger charge is -2.23. The van der Waals surface area contributed by atoms with Gasteiger partial charge in [-0.25, -0.2) is 4.57 Å². The zero-order valence-corrected chi connectivity index (χ0v) is 21.6. The molecule has 0 aromatic heterocycles. The van der Waals surface area contributed by atoms with Crippen molar-refractivity contribution in [3.8, 4) is 11.5 Å². The number of ether oxygens (including phenoxy) is 3. The van der Waals surface area contributed by atoms with E-state index in [9.17, 15) is 8.76 Å². The number of likely N-dealkylation sites (N-methyl/N-ethyl adjacent to an activating group) is 1. The van der Waals surface area contributed by atoms with Crippen LogP contribution in [0.2, 0.25) is 0 Å². The first kappa shape index (κ1) is 28.3. The van der Waals surface area contributed by atoms with Crippen molar-refractivity contribution in [1.82, 2.24) is 4.90 Å². The first-order chi connectivity index (χ1) is 16.2. The molecule has 2 aromatic rings. The molecule has 3 atom stereocenters. The van der Waals surface area contributed by atoms with Gasteiger partial charge in [-0.2, -0.15) is 0 Å². The fourth-order valence-corrected chi connectivity index (χ4v) is 4.04. The first-order valence-corrected chi connectivity index (χ1v) is 12.9. The van der Waals surface area contributed by atoms with Crippen LogP contribution >= 0.6 is 7.91 Å². The van der Waals surface area contributed by atoms with E-state index in [1.807, 2.05) is 61.5 Å². The predicted molar refractivity (Wildman–Crippen MR) is 131 cm³/mol. The molecule has 0 aliphatic rings. The van der Waals surface area contributed by atoms with Crippen molar-refractivity contribution in [3.63, 3.8) is 0 Å². The Morgan fingerprint density at radius 2 is 1.85 bits per heavy atom. The van der Waals surface area contributed by atoms with Gasteiger partial charge < -0.3 is 19.1 Å². The first-order valence-electron chi connectivity index (χ1n) is 11.4. The minimum Gasteiger partial charge on any atom is -0.497 e. The van der Waals surface area contributed by atoms with E-state index in [4.69, 9.17) is 23.3 Å². The normalized spacial score (nSPS) is 15.0. The number of methoxy groups -OCH3 is 1. The highest BCUT2D eigenvalue weighted by molar-refractivity contribution is 7.48. The maximum atomic E-state index is 14.0. The highest BCUT2D eigenvalue weighted by atomic mass is 31.2. The molecule has 0 fully saturated rings. The summed E-state index contributed by atoms with van der Waals surface area (Å²) in [5.74, 6) is 1.59. The van der Waals surface area contributed by atoms with Crippen molar-refractivity contribution >= 4 is 7.91 Å². The summed E-state index contributed by atoms with van der Waals surface area (Å²) < 4.78 is 52.4. The number of benzene rings is 2. The van der Waals surface area contributed by atoms with Crippen LogP contribution in [0.3, 0.4) is 0 Å². The third-order valence-electron chi connectivity index (χ3n) is 5.17. The fourth-order valence-electron chi connectivity index (χ4n) is 3.21. The summed E-state index contributed by atoms with van der Waals surface area (Å²) >= 11 is 0. The number of hydrogen-bond donors (Lipinski definition) is 0. The Morgan fingerprint density at radius 1 is 1.09 bits per heavy atom. The van der Waals surface area contributed by atoms with Gasteiger partial charge in [0.2, 0.25) is 0 Å². The van der Waals surface area contributed by atoms with Gasteiger partial charge in [-0.15, -0.1) is 4.20 Å². The second kappa shape index (κ2) is 14.4. The number of hydrogen-bond acceptors (Lipinski definition) is 7. The SMILES string of the molecule is CCC(C)O[P@@](=O)(F)OCO[C@@H](COc1ccccc1CCc1cccc(OC)c1)CN(C)C. The van der Waals surface area contributed by atoms with Crippen molar-refractivity contribution in [1.29, 1.82) is 0 Å². The topological polar surface area (TPSA) is 66.5 Å². The molecule has 0 radical (unpaired) electrons. The van der Waals surface area contributed by atoms with Crippen LogP contribution in [0.4, 0.5) is 4.20 Å². The largest absolute Gasteiger partial charge is 0.515 e. The van der Waals surface area contributed by atoms with E-state index >= 15 is 0 Å². The van der Waals surface area contributed by atoms with Gasteiger partial charge in [0.1, 0.15) is 24.2 Å². The second-order valence-electron chi connectivity index (χ2n) is 8.32. The minimum atomic E-state index is -4.67. The Kier molecular flexibility index (Phi) is 12.0. The second-order valence-corrected chi connectivity index (χ2v) is 9.65. The number of halogens is 1. The van der Waals surface area contributed by atoms with Gasteiger partial charge in [0, 0.05) is 6.54 Å². The van der Waals surface area contributed by atoms with Gasteiger partial charge in [-0.3, -0.25) is 9.05 Å². The zero-order chi connectivity index (χ0) is 25.0. The molecule has 0 heterocycles. The van der Waals surface area contributed by atoms with Crippen LogP contribution in [-0.4, -0.2) is 58.3 Å². The molecular weight excluding hydrogens is 460 g/mol. The Labute approximate surface area is 202 Å². The van der Waals surface area contributed by atoms with Crippen LogP contribution in [0.15, 0.2) is 48.5 Å². The summed E-state index contributed by atoms with van der Waals surface area (Å²) in [6.07, 6.45) is 1.22. The molecule has 0 spiro atoms. The van der Waals surface area contributed by atoms with E-state index in [0.29, 0.717) is 13.0 Å². The van der Waals surface area contributed by atoms with Crippen LogP contribution in [0.1, 0.15) is 31.4 Å². The summed E-state index contributed by atoms with van der Waals surface area (Å²) in [7, 11) is 0.773. The molecule has 2 rings (SSSR count). The minimum absolute atomic E-state index is 0.223. The lowest BCUT2D eigenvalue weighted by atomic mass is 10.0. The predicted octanol–water partition coefficient (Wildman–Crippen LogP) is 5.67. The average Bonchev–Trinajstić information content (AvgIpc) is 2.81. The average molecular weight is 498 g/mol. The molecule has 9 heteroatoms. The van der Waals surface area contributed by atoms with Crippen molar-refractivity contribution in [2.75, 3.05) is 41.1 Å². The monoisotopic (exact) mass is 497 g/mol. The zero-order valence-electron chi connectivity index (χ0n) is 20.7. The molecular formula is C25H37FNO6P. The molecule has 0 saturated carbocycles. The molecule has 0 bridgehead atoms. The van der Waals surface area contributed by atoms with Gasteiger partial charge in [0.15, 0.2) is 6.79 Å². The lowest BCUT2D eigenvalue weighted by Crippen LogP contribution is -2.34. The van der Waals surface area contributed by atoms with Gasteiger partial charge in [0.05, 0.1) is 13.2 Å². The van der Waals surface area contributed by atoms with Gasteiger partial charge in [0.25, 0.3) is 0 Å². The Balaban J connectivity index is 1.93. The molecule has 0 N–H and O–H groups in total. The Morgan fingerprint density at radius 3 is 2.56 bits per heavy atom. The highest BCUT2D eigenvalue weighted by Crippen LogP contribution is 2.51. The molecule has 0 aliphatic heterocycles. The maximum absolute atomic E-state index is 14.0. The van der Waals surface area contributed by atoms with Gasteiger partial charge in [-0.1, -0.05) is 37.3 Å². The van der Waals surface area contributed by atoms with E-state index < -0.39 is 26.9 Å². The third-order valence-corrected chi connectivity index (χ3v) is 6.20. The molecule has 1 unspecified atom stereocenters. The summed E-state index contributed by atoms with van der Waals surface area (Å²) in [4.78, 5) is 1.92. The number of rotatable bonds is 16. The van der Waals surface area contributed by atoms with E-state index in [1.54, 1.807) is 21.0 Å². The molecule has 2 aromatic carbocycles. The fraction of sp³-hybridized carbons (Fsp3) is 0.520. The van der Waals surface area contributed by atoms with E-state index in [1.165, 1.54) is 5.56 Å². The lowest BCUT2D eigenvalue weighted by molar-refractivity contribution is -0.0703. The van der Waals surface area contributed by atoms with Crippen molar-refractivity contribution in [2.24, 2.45) is 0 Å². The molecule has 0 saturated heterocycles.